The molecule has 0 saturated carbocycles. The first-order valence-electron chi connectivity index (χ1n) is 11.5. The first kappa shape index (κ1) is 22.8. The monoisotopic (exact) mass is 450 g/mol. The molecule has 7 nitrogen and oxygen atoms in total. The number of methoxy groups -OCH3 is 1. The zero-order valence-electron chi connectivity index (χ0n) is 20.3. The number of aryl methyl sites for hydroxylation is 1. The Kier molecular flexibility index (Phi) is 6.15. The van der Waals surface area contributed by atoms with Gasteiger partial charge in [-0.05, 0) is 75.6 Å². The maximum atomic E-state index is 11.5. The summed E-state index contributed by atoms with van der Waals surface area (Å²) in [5, 5.41) is 9.99. The van der Waals surface area contributed by atoms with Gasteiger partial charge in [0.05, 0.1) is 24.2 Å². The van der Waals surface area contributed by atoms with Crippen LogP contribution in [0.4, 0.5) is 11.4 Å². The Bertz CT molecular complexity index is 1210. The van der Waals surface area contributed by atoms with Crippen LogP contribution in [0.2, 0.25) is 0 Å². The summed E-state index contributed by atoms with van der Waals surface area (Å²) in [5.41, 5.74) is 6.84. The van der Waals surface area contributed by atoms with Crippen molar-refractivity contribution in [2.75, 3.05) is 30.0 Å². The molecule has 4 rings (SSSR count). The topological polar surface area (TPSA) is 84.6 Å². The lowest BCUT2D eigenvalue weighted by Gasteiger charge is -2.43. The highest BCUT2D eigenvalue weighted by atomic mass is 16.5. The molecule has 0 amide bonds. The van der Waals surface area contributed by atoms with E-state index in [1.165, 1.54) is 16.9 Å². The van der Waals surface area contributed by atoms with Crippen LogP contribution in [0, 0.1) is 6.92 Å². The van der Waals surface area contributed by atoms with E-state index in [9.17, 15) is 9.90 Å². The predicted molar refractivity (Wildman–Crippen MR) is 134 cm³/mol. The molecule has 0 spiro atoms. The molecule has 0 bridgehead atoms. The molecule has 0 fully saturated rings. The molecule has 3 N–H and O–H groups in total. The van der Waals surface area contributed by atoms with Crippen molar-refractivity contribution in [3.05, 3.63) is 57.6 Å². The highest BCUT2D eigenvalue weighted by Gasteiger charge is 2.27. The fourth-order valence-corrected chi connectivity index (χ4v) is 4.78. The molecule has 176 valence electrons. The quantitative estimate of drug-likeness (QED) is 0.518. The molecule has 1 aliphatic rings. The van der Waals surface area contributed by atoms with Crippen LogP contribution < -0.4 is 20.2 Å². The Morgan fingerprint density at radius 2 is 1.61 bits per heavy atom. The van der Waals surface area contributed by atoms with Crippen LogP contribution in [0.5, 0.6) is 11.6 Å². The number of fused-ring (bicyclic) bond motifs is 1. The molecule has 0 atom stereocenters. The van der Waals surface area contributed by atoms with Crippen molar-refractivity contribution < 1.29 is 9.84 Å². The van der Waals surface area contributed by atoms with Gasteiger partial charge in [0.2, 0.25) is 5.88 Å². The molecule has 1 aromatic heterocycles. The number of aromatic hydroxyl groups is 1. The van der Waals surface area contributed by atoms with Crippen LogP contribution in [-0.2, 0) is 6.42 Å². The standard InChI is InChI=1S/C26H34N4O3/c1-15(2)29-9-10-30(16(3)4)23-14-19(17(5)11-22(23)29)20-12-18(7-8-24(20)33-6)13-21-25(31)28-26(32)27-21/h7-8,11-12,14-16,31H,9-10,13H2,1-6H3,(H2,27,28,32). The van der Waals surface area contributed by atoms with Crippen molar-refractivity contribution in [1.82, 2.24) is 9.97 Å². The van der Waals surface area contributed by atoms with Crippen LogP contribution >= 0.6 is 0 Å². The van der Waals surface area contributed by atoms with Gasteiger partial charge in [-0.15, -0.1) is 0 Å². The summed E-state index contributed by atoms with van der Waals surface area (Å²) in [5.74, 6) is 0.671. The largest absolute Gasteiger partial charge is 0.496 e. The van der Waals surface area contributed by atoms with Crippen molar-refractivity contribution in [2.45, 2.75) is 53.1 Å². The number of imidazole rings is 1. The number of ether oxygens (including phenoxy) is 1. The number of rotatable bonds is 6. The number of nitrogens with one attached hydrogen (secondary N) is 2. The lowest BCUT2D eigenvalue weighted by atomic mass is 9.93. The molecule has 1 aliphatic heterocycles. The van der Waals surface area contributed by atoms with Gasteiger partial charge in [-0.3, -0.25) is 4.98 Å². The third-order valence-corrected chi connectivity index (χ3v) is 6.49. The van der Waals surface area contributed by atoms with E-state index >= 15 is 0 Å². The number of hydrogen-bond acceptors (Lipinski definition) is 5. The maximum absolute atomic E-state index is 11.5. The van der Waals surface area contributed by atoms with Gasteiger partial charge in [-0.2, -0.15) is 0 Å². The molecule has 7 heteroatoms. The first-order valence-corrected chi connectivity index (χ1v) is 11.5. The minimum Gasteiger partial charge on any atom is -0.496 e. The predicted octanol–water partition coefficient (Wildman–Crippen LogP) is 4.43. The van der Waals surface area contributed by atoms with E-state index in [1.807, 2.05) is 12.1 Å². The lowest BCUT2D eigenvalue weighted by molar-refractivity contribution is 0.416. The van der Waals surface area contributed by atoms with Crippen molar-refractivity contribution in [2.24, 2.45) is 0 Å². The number of hydrogen-bond donors (Lipinski definition) is 3. The minimum absolute atomic E-state index is 0.122. The van der Waals surface area contributed by atoms with Crippen LogP contribution in [-0.4, -0.2) is 47.4 Å². The fourth-order valence-electron chi connectivity index (χ4n) is 4.78. The van der Waals surface area contributed by atoms with E-state index in [0.29, 0.717) is 24.2 Å². The zero-order valence-corrected chi connectivity index (χ0v) is 20.3. The fraction of sp³-hybridized carbons (Fsp3) is 0.423. The van der Waals surface area contributed by atoms with Gasteiger partial charge in [0.25, 0.3) is 0 Å². The molecule has 2 aromatic carbocycles. The molecule has 0 unspecified atom stereocenters. The van der Waals surface area contributed by atoms with Crippen LogP contribution in [0.1, 0.15) is 44.5 Å². The second-order valence-electron chi connectivity index (χ2n) is 9.35. The maximum Gasteiger partial charge on any atom is 0.325 e. The smallest absolute Gasteiger partial charge is 0.325 e. The van der Waals surface area contributed by atoms with E-state index in [1.54, 1.807) is 7.11 Å². The van der Waals surface area contributed by atoms with E-state index in [-0.39, 0.29) is 5.88 Å². The third kappa shape index (κ3) is 4.32. The Morgan fingerprint density at radius 3 is 2.15 bits per heavy atom. The van der Waals surface area contributed by atoms with Crippen molar-refractivity contribution >= 4 is 11.4 Å². The van der Waals surface area contributed by atoms with Gasteiger partial charge in [0.15, 0.2) is 0 Å². The van der Waals surface area contributed by atoms with Crippen molar-refractivity contribution in [3.8, 4) is 22.8 Å². The molecule has 2 heterocycles. The summed E-state index contributed by atoms with van der Waals surface area (Å²) in [7, 11) is 1.68. The normalized spacial score (nSPS) is 13.7. The highest BCUT2D eigenvalue weighted by molar-refractivity contribution is 5.85. The highest BCUT2D eigenvalue weighted by Crippen LogP contribution is 2.43. The lowest BCUT2D eigenvalue weighted by Crippen LogP contribution is -2.46. The average Bonchev–Trinajstić information content (AvgIpc) is 3.08. The molecule has 3 aromatic rings. The SMILES string of the molecule is COc1ccc(Cc2[nH]c(=O)[nH]c2O)cc1-c1cc2c(cc1C)N(C(C)C)CCN2C(C)C. The number of aromatic nitrogens is 2. The Labute approximate surface area is 195 Å². The zero-order chi connectivity index (χ0) is 23.9. The van der Waals surface area contributed by atoms with E-state index in [4.69, 9.17) is 4.74 Å². The molecule has 0 saturated heterocycles. The Hall–Kier alpha value is -3.35. The van der Waals surface area contributed by atoms with E-state index in [0.717, 1.165) is 35.5 Å². The van der Waals surface area contributed by atoms with Crippen LogP contribution in [0.15, 0.2) is 35.1 Å². The summed E-state index contributed by atoms with van der Waals surface area (Å²) < 4.78 is 5.73. The van der Waals surface area contributed by atoms with Crippen LogP contribution in [0.25, 0.3) is 11.1 Å². The van der Waals surface area contributed by atoms with Gasteiger partial charge < -0.3 is 24.6 Å². The Morgan fingerprint density at radius 1 is 0.970 bits per heavy atom. The number of benzene rings is 2. The Balaban J connectivity index is 1.83. The first-order chi connectivity index (χ1) is 15.7. The summed E-state index contributed by atoms with van der Waals surface area (Å²) in [4.78, 5) is 21.5. The van der Waals surface area contributed by atoms with Gasteiger partial charge in [-0.1, -0.05) is 6.07 Å². The van der Waals surface area contributed by atoms with Gasteiger partial charge in [-0.25, -0.2) is 4.79 Å². The summed E-state index contributed by atoms with van der Waals surface area (Å²) >= 11 is 0. The number of nitrogens with zero attached hydrogens (tertiary/aromatic N) is 2. The number of anilines is 2. The van der Waals surface area contributed by atoms with Crippen LogP contribution in [0.3, 0.4) is 0 Å². The molecule has 33 heavy (non-hydrogen) atoms. The summed E-state index contributed by atoms with van der Waals surface area (Å²) in [6.07, 6.45) is 0.408. The number of H-pyrrole nitrogens is 2. The minimum atomic E-state index is -0.412. The second-order valence-corrected chi connectivity index (χ2v) is 9.35. The summed E-state index contributed by atoms with van der Waals surface area (Å²) in [6, 6.07) is 11.4. The van der Waals surface area contributed by atoms with Crippen molar-refractivity contribution in [3.63, 3.8) is 0 Å². The van der Waals surface area contributed by atoms with Gasteiger partial charge in [0.1, 0.15) is 5.75 Å². The third-order valence-electron chi connectivity index (χ3n) is 6.49. The van der Waals surface area contributed by atoms with Gasteiger partial charge >= 0.3 is 5.69 Å². The van der Waals surface area contributed by atoms with E-state index < -0.39 is 5.69 Å². The van der Waals surface area contributed by atoms with E-state index in [2.05, 4.69) is 72.6 Å². The molecular formula is C26H34N4O3. The molecule has 0 radical (unpaired) electrons. The average molecular weight is 451 g/mol. The van der Waals surface area contributed by atoms with Gasteiger partial charge in [0, 0.05) is 37.2 Å². The molecular weight excluding hydrogens is 416 g/mol. The second kappa shape index (κ2) is 8.89. The summed E-state index contributed by atoms with van der Waals surface area (Å²) in [6.45, 7) is 13.1. The van der Waals surface area contributed by atoms with Crippen molar-refractivity contribution in [1.29, 1.82) is 0 Å². The molecule has 0 aliphatic carbocycles. The number of aromatic amines is 2.